The van der Waals surface area contributed by atoms with Crippen LogP contribution in [-0.2, 0) is 0 Å². The molecule has 2 aromatic rings. The number of halogens is 3. The molecule has 0 bridgehead atoms. The Morgan fingerprint density at radius 3 is 2.35 bits per heavy atom. The lowest BCUT2D eigenvalue weighted by atomic mass is 10.1. The maximum absolute atomic E-state index is 13.3. The maximum Gasteiger partial charge on any atom is 0.335 e. The lowest BCUT2D eigenvalue weighted by Crippen LogP contribution is -2.01. The van der Waals surface area contributed by atoms with E-state index in [1.807, 2.05) is 0 Å². The van der Waals surface area contributed by atoms with Gasteiger partial charge in [0.2, 0.25) is 0 Å². The highest BCUT2D eigenvalue weighted by molar-refractivity contribution is 6.35. The first-order valence-electron chi connectivity index (χ1n) is 5.43. The second-order valence-corrected chi connectivity index (χ2v) is 4.80. The van der Waals surface area contributed by atoms with E-state index in [1.54, 1.807) is 0 Å². The second kappa shape index (κ2) is 5.56. The van der Waals surface area contributed by atoms with Crippen molar-refractivity contribution in [1.82, 2.24) is 0 Å². The molecule has 104 valence electrons. The summed E-state index contributed by atoms with van der Waals surface area (Å²) in [7, 11) is 0. The molecule has 0 heterocycles. The molecule has 7 heteroatoms. The van der Waals surface area contributed by atoms with Gasteiger partial charge in [0.1, 0.15) is 0 Å². The SMILES string of the molecule is Nc1ccc(C(=O)O)cc1Nc1cc(Cl)c(F)c(Cl)c1. The van der Waals surface area contributed by atoms with Gasteiger partial charge in [-0.05, 0) is 30.3 Å². The number of anilines is 3. The van der Waals surface area contributed by atoms with Gasteiger partial charge in [-0.25, -0.2) is 9.18 Å². The zero-order valence-corrected chi connectivity index (χ0v) is 11.5. The van der Waals surface area contributed by atoms with Crippen molar-refractivity contribution in [3.63, 3.8) is 0 Å². The number of nitrogen functional groups attached to an aromatic ring is 1. The Morgan fingerprint density at radius 2 is 1.80 bits per heavy atom. The molecule has 0 spiro atoms. The van der Waals surface area contributed by atoms with Crippen LogP contribution in [0.25, 0.3) is 0 Å². The van der Waals surface area contributed by atoms with E-state index >= 15 is 0 Å². The fourth-order valence-corrected chi connectivity index (χ4v) is 2.07. The van der Waals surface area contributed by atoms with E-state index in [1.165, 1.54) is 30.3 Å². The Bertz CT molecular complexity index is 669. The summed E-state index contributed by atoms with van der Waals surface area (Å²) in [6, 6.07) is 6.86. The summed E-state index contributed by atoms with van der Waals surface area (Å²) in [5.41, 5.74) is 6.92. The molecule has 2 aromatic carbocycles. The van der Waals surface area contributed by atoms with Crippen LogP contribution in [0.3, 0.4) is 0 Å². The third-order valence-electron chi connectivity index (χ3n) is 2.56. The highest BCUT2D eigenvalue weighted by Gasteiger charge is 2.10. The van der Waals surface area contributed by atoms with Gasteiger partial charge in [0.15, 0.2) is 5.82 Å². The van der Waals surface area contributed by atoms with Crippen LogP contribution in [0.2, 0.25) is 10.0 Å². The van der Waals surface area contributed by atoms with Gasteiger partial charge >= 0.3 is 5.97 Å². The van der Waals surface area contributed by atoms with Crippen molar-refractivity contribution in [2.75, 3.05) is 11.1 Å². The number of carbonyl (C=O) groups is 1. The molecule has 0 aromatic heterocycles. The third-order valence-corrected chi connectivity index (χ3v) is 3.11. The predicted molar refractivity (Wildman–Crippen MR) is 77.5 cm³/mol. The third kappa shape index (κ3) is 2.95. The summed E-state index contributed by atoms with van der Waals surface area (Å²) in [6.07, 6.45) is 0. The number of carboxylic acid groups (broad SMARTS) is 1. The number of benzene rings is 2. The number of aromatic carboxylic acids is 1. The van der Waals surface area contributed by atoms with Gasteiger partial charge in [0.05, 0.1) is 27.0 Å². The quantitative estimate of drug-likeness (QED) is 0.587. The van der Waals surface area contributed by atoms with Crippen LogP contribution in [-0.4, -0.2) is 11.1 Å². The monoisotopic (exact) mass is 314 g/mol. The van der Waals surface area contributed by atoms with Crippen LogP contribution in [0.4, 0.5) is 21.5 Å². The standard InChI is InChI=1S/C13H9Cl2FN2O2/c14-8-4-7(5-9(15)12(8)16)18-11-3-6(13(19)20)1-2-10(11)17/h1-5,18H,17H2,(H,19,20). The van der Waals surface area contributed by atoms with E-state index < -0.39 is 11.8 Å². The minimum absolute atomic E-state index is 0.0704. The van der Waals surface area contributed by atoms with Crippen LogP contribution in [0.5, 0.6) is 0 Å². The maximum atomic E-state index is 13.3. The van der Waals surface area contributed by atoms with E-state index in [2.05, 4.69) is 5.32 Å². The van der Waals surface area contributed by atoms with E-state index in [0.29, 0.717) is 17.1 Å². The molecule has 0 aliphatic rings. The van der Waals surface area contributed by atoms with E-state index in [0.717, 1.165) is 0 Å². The van der Waals surface area contributed by atoms with Gasteiger partial charge in [0.25, 0.3) is 0 Å². The molecule has 0 saturated carbocycles. The number of nitrogens with two attached hydrogens (primary N) is 1. The molecule has 0 amide bonds. The van der Waals surface area contributed by atoms with Crippen molar-refractivity contribution in [2.24, 2.45) is 0 Å². The molecule has 2 rings (SSSR count). The fraction of sp³-hybridized carbons (Fsp3) is 0. The second-order valence-electron chi connectivity index (χ2n) is 3.99. The lowest BCUT2D eigenvalue weighted by Gasteiger charge is -2.11. The molecular formula is C13H9Cl2FN2O2. The number of hydrogen-bond acceptors (Lipinski definition) is 3. The van der Waals surface area contributed by atoms with Crippen molar-refractivity contribution >= 4 is 46.2 Å². The predicted octanol–water partition coefficient (Wildman–Crippen LogP) is 4.16. The molecule has 20 heavy (non-hydrogen) atoms. The van der Waals surface area contributed by atoms with Crippen LogP contribution in [0, 0.1) is 5.82 Å². The molecule has 4 nitrogen and oxygen atoms in total. The van der Waals surface area contributed by atoms with Crippen LogP contribution in [0.15, 0.2) is 30.3 Å². The largest absolute Gasteiger partial charge is 0.478 e. The molecule has 0 atom stereocenters. The molecule has 4 N–H and O–H groups in total. The Hall–Kier alpha value is -1.98. The van der Waals surface area contributed by atoms with Crippen LogP contribution < -0.4 is 11.1 Å². The zero-order chi connectivity index (χ0) is 14.9. The average Bonchev–Trinajstić information content (AvgIpc) is 2.38. The van der Waals surface area contributed by atoms with Crippen molar-refractivity contribution < 1.29 is 14.3 Å². The van der Waals surface area contributed by atoms with Gasteiger partial charge in [0, 0.05) is 5.69 Å². The topological polar surface area (TPSA) is 75.4 Å². The smallest absolute Gasteiger partial charge is 0.335 e. The van der Waals surface area contributed by atoms with Crippen LogP contribution in [0.1, 0.15) is 10.4 Å². The van der Waals surface area contributed by atoms with E-state index in [4.69, 9.17) is 34.0 Å². The van der Waals surface area contributed by atoms with E-state index in [-0.39, 0.29) is 15.6 Å². The molecular weight excluding hydrogens is 306 g/mol. The number of hydrogen-bond donors (Lipinski definition) is 3. The van der Waals surface area contributed by atoms with E-state index in [9.17, 15) is 9.18 Å². The molecule has 0 unspecified atom stereocenters. The highest BCUT2D eigenvalue weighted by Crippen LogP contribution is 2.31. The summed E-state index contributed by atoms with van der Waals surface area (Å²) in [6.45, 7) is 0. The first kappa shape index (κ1) is 14.4. The van der Waals surface area contributed by atoms with Gasteiger partial charge < -0.3 is 16.2 Å². The first-order chi connectivity index (χ1) is 9.38. The molecule has 0 fully saturated rings. The van der Waals surface area contributed by atoms with Crippen molar-refractivity contribution in [3.8, 4) is 0 Å². The molecule has 0 aliphatic heterocycles. The van der Waals surface area contributed by atoms with Gasteiger partial charge in [-0.15, -0.1) is 0 Å². The Labute approximate surface area is 123 Å². The Kier molecular flexibility index (Phi) is 4.01. The summed E-state index contributed by atoms with van der Waals surface area (Å²) in [5, 5.41) is 11.5. The molecule has 0 radical (unpaired) electrons. The van der Waals surface area contributed by atoms with Gasteiger partial charge in [-0.2, -0.15) is 0 Å². The number of carboxylic acids is 1. The van der Waals surface area contributed by atoms with Gasteiger partial charge in [-0.1, -0.05) is 23.2 Å². The first-order valence-corrected chi connectivity index (χ1v) is 6.18. The summed E-state index contributed by atoms with van der Waals surface area (Å²) in [5.74, 6) is -1.80. The number of nitrogens with one attached hydrogen (secondary N) is 1. The molecule has 0 saturated heterocycles. The molecule has 0 aliphatic carbocycles. The fourth-order valence-electron chi connectivity index (χ4n) is 1.58. The minimum Gasteiger partial charge on any atom is -0.478 e. The zero-order valence-electron chi connectivity index (χ0n) is 9.95. The van der Waals surface area contributed by atoms with Crippen molar-refractivity contribution in [1.29, 1.82) is 0 Å². The Morgan fingerprint density at radius 1 is 1.20 bits per heavy atom. The summed E-state index contributed by atoms with van der Waals surface area (Å²) < 4.78 is 13.3. The number of rotatable bonds is 3. The van der Waals surface area contributed by atoms with Gasteiger partial charge in [-0.3, -0.25) is 0 Å². The summed E-state index contributed by atoms with van der Waals surface area (Å²) in [4.78, 5) is 10.9. The lowest BCUT2D eigenvalue weighted by molar-refractivity contribution is 0.0697. The minimum atomic E-state index is -1.08. The van der Waals surface area contributed by atoms with Crippen LogP contribution >= 0.6 is 23.2 Å². The Balaban J connectivity index is 2.39. The highest BCUT2D eigenvalue weighted by atomic mass is 35.5. The summed E-state index contributed by atoms with van der Waals surface area (Å²) >= 11 is 11.4. The van der Waals surface area contributed by atoms with Crippen molar-refractivity contribution in [3.05, 3.63) is 51.8 Å². The van der Waals surface area contributed by atoms with Crippen molar-refractivity contribution in [2.45, 2.75) is 0 Å². The normalized spacial score (nSPS) is 10.3. The average molecular weight is 315 g/mol.